The zero-order valence-corrected chi connectivity index (χ0v) is 20.6. The molecular formula is C24H58N6O. The second-order valence-electron chi connectivity index (χ2n) is 5.98. The van der Waals surface area contributed by atoms with E-state index < -0.39 is 0 Å². The van der Waals surface area contributed by atoms with Crippen LogP contribution in [0.4, 0.5) is 0 Å². The molecule has 7 heteroatoms. The summed E-state index contributed by atoms with van der Waals surface area (Å²) in [5.41, 5.74) is 5.25. The number of aliphatic imine (C=N–C) groups is 2. The summed E-state index contributed by atoms with van der Waals surface area (Å²) in [7, 11) is 11.0. The van der Waals surface area contributed by atoms with Gasteiger partial charge in [-0.3, -0.25) is 9.79 Å². The van der Waals surface area contributed by atoms with Gasteiger partial charge in [-0.25, -0.2) is 0 Å². The average Bonchev–Trinajstić information content (AvgIpc) is 2.71. The Labute approximate surface area is 196 Å². The zero-order chi connectivity index (χ0) is 23.3. The first kappa shape index (κ1) is 47.0. The lowest BCUT2D eigenvalue weighted by atomic mass is 10.1. The number of hydrogen-bond acceptors (Lipinski definition) is 7. The van der Waals surface area contributed by atoms with Crippen LogP contribution in [0, 0.1) is 0 Å². The molecular weight excluding hydrogens is 388 g/mol. The number of ketones is 1. The van der Waals surface area contributed by atoms with Crippen LogP contribution in [0.2, 0.25) is 0 Å². The van der Waals surface area contributed by atoms with E-state index in [1.807, 2.05) is 62.9 Å². The van der Waals surface area contributed by atoms with Crippen LogP contribution >= 0.6 is 0 Å². The van der Waals surface area contributed by atoms with Crippen LogP contribution in [0.1, 0.15) is 70.7 Å². The minimum absolute atomic E-state index is 0. The summed E-state index contributed by atoms with van der Waals surface area (Å²) in [5, 5.41) is 12.0. The van der Waals surface area contributed by atoms with Crippen molar-refractivity contribution in [2.45, 2.75) is 76.9 Å². The molecule has 0 heterocycles. The van der Waals surface area contributed by atoms with Gasteiger partial charge in [0.05, 0.1) is 6.17 Å². The fraction of sp³-hybridized carbons (Fsp3) is 0.708. The van der Waals surface area contributed by atoms with Gasteiger partial charge in [0.15, 0.2) is 5.78 Å². The third-order valence-electron chi connectivity index (χ3n) is 4.15. The van der Waals surface area contributed by atoms with Crippen molar-refractivity contribution in [2.75, 3.05) is 42.3 Å². The average molecular weight is 447 g/mol. The lowest BCUT2D eigenvalue weighted by Crippen LogP contribution is -2.34. The molecule has 190 valence electrons. The van der Waals surface area contributed by atoms with Gasteiger partial charge in [-0.05, 0) is 74.9 Å². The van der Waals surface area contributed by atoms with Crippen LogP contribution < -0.4 is 21.3 Å². The maximum atomic E-state index is 10.6. The van der Waals surface area contributed by atoms with Crippen LogP contribution in [0.15, 0.2) is 32.5 Å². The highest BCUT2D eigenvalue weighted by Gasteiger charge is 1.98. The lowest BCUT2D eigenvalue weighted by molar-refractivity contribution is -0.113. The van der Waals surface area contributed by atoms with Gasteiger partial charge < -0.3 is 26.3 Å². The van der Waals surface area contributed by atoms with Crippen LogP contribution in [0.3, 0.4) is 0 Å². The van der Waals surface area contributed by atoms with Crippen molar-refractivity contribution < 1.29 is 4.79 Å². The fourth-order valence-electron chi connectivity index (χ4n) is 1.22. The fourth-order valence-corrected chi connectivity index (χ4v) is 1.22. The molecule has 0 aromatic rings. The van der Waals surface area contributed by atoms with Crippen LogP contribution in [-0.4, -0.2) is 66.7 Å². The van der Waals surface area contributed by atoms with Crippen molar-refractivity contribution in [3.8, 4) is 0 Å². The van der Waals surface area contributed by atoms with Crippen molar-refractivity contribution >= 4 is 18.2 Å². The molecule has 0 radical (unpaired) electrons. The standard InChI is InChI=1S/C8H16N2.C7H13NO.C4H12N2.C2H5N.3CH4/c1-6(7(2)9-4)8(3)10-5;1-5(7(3)9)6(2)8-4;1-4(5-2)6-3;1-3-2;;;/h9H,1-5H3;8H,1-4H3;4-6H,1-3H3;1H2,2H3;3*1H4. The number of carbonyl (C=O) groups excluding carboxylic acids is 1. The predicted molar refractivity (Wildman–Crippen MR) is 148 cm³/mol. The second-order valence-corrected chi connectivity index (χ2v) is 5.98. The minimum atomic E-state index is 0. The molecule has 0 bridgehead atoms. The van der Waals surface area contributed by atoms with Gasteiger partial charge in [-0.1, -0.05) is 22.3 Å². The highest BCUT2D eigenvalue weighted by Crippen LogP contribution is 2.01. The molecule has 0 aliphatic rings. The minimum Gasteiger partial charge on any atom is -0.391 e. The molecule has 0 aliphatic heterocycles. The van der Waals surface area contributed by atoms with E-state index in [-0.39, 0.29) is 28.1 Å². The Morgan fingerprint density at radius 2 is 1.03 bits per heavy atom. The van der Waals surface area contributed by atoms with Gasteiger partial charge in [-0.15, -0.1) is 0 Å². The van der Waals surface area contributed by atoms with Crippen molar-refractivity contribution in [1.82, 2.24) is 21.3 Å². The van der Waals surface area contributed by atoms with E-state index in [1.54, 1.807) is 14.0 Å². The van der Waals surface area contributed by atoms with Gasteiger partial charge >= 0.3 is 0 Å². The molecule has 0 aromatic carbocycles. The molecule has 7 nitrogen and oxygen atoms in total. The molecule has 0 spiro atoms. The summed E-state index contributed by atoms with van der Waals surface area (Å²) in [6.07, 6.45) is 0.435. The Balaban J connectivity index is -0.0000000511. The summed E-state index contributed by atoms with van der Waals surface area (Å²) < 4.78 is 0. The number of nitrogens with zero attached hydrogens (tertiary/aromatic N) is 2. The largest absolute Gasteiger partial charge is 0.391 e. The third-order valence-corrected chi connectivity index (χ3v) is 4.15. The van der Waals surface area contributed by atoms with E-state index in [0.29, 0.717) is 6.17 Å². The molecule has 0 saturated heterocycles. The van der Waals surface area contributed by atoms with Gasteiger partial charge in [0.1, 0.15) is 0 Å². The van der Waals surface area contributed by atoms with Crippen LogP contribution in [0.25, 0.3) is 0 Å². The van der Waals surface area contributed by atoms with E-state index in [2.05, 4.69) is 51.8 Å². The van der Waals surface area contributed by atoms with Gasteiger partial charge in [-0.2, -0.15) is 0 Å². The quantitative estimate of drug-likeness (QED) is 0.270. The Morgan fingerprint density at radius 3 is 1.16 bits per heavy atom. The second kappa shape index (κ2) is 32.7. The summed E-state index contributed by atoms with van der Waals surface area (Å²) in [5.74, 6) is 0.127. The first-order valence-corrected chi connectivity index (χ1v) is 9.29. The number of rotatable bonds is 6. The van der Waals surface area contributed by atoms with E-state index in [9.17, 15) is 4.79 Å². The topological polar surface area (TPSA) is 89.9 Å². The van der Waals surface area contributed by atoms with E-state index >= 15 is 0 Å². The van der Waals surface area contributed by atoms with E-state index in [0.717, 1.165) is 17.0 Å². The first-order valence-electron chi connectivity index (χ1n) is 9.29. The summed E-state index contributed by atoms with van der Waals surface area (Å²) in [6, 6.07) is 0. The zero-order valence-electron chi connectivity index (χ0n) is 20.6. The molecule has 0 aliphatic carbocycles. The monoisotopic (exact) mass is 446 g/mol. The predicted octanol–water partition coefficient (Wildman–Crippen LogP) is 4.68. The molecule has 0 saturated carbocycles. The molecule has 0 amide bonds. The number of Topliss-reactive ketones (excluding diaryl/α,β-unsaturated/α-hetero) is 1. The highest BCUT2D eigenvalue weighted by molar-refractivity contribution is 5.98. The van der Waals surface area contributed by atoms with Crippen molar-refractivity contribution in [2.24, 2.45) is 9.98 Å². The lowest BCUT2D eigenvalue weighted by Gasteiger charge is -2.05. The summed E-state index contributed by atoms with van der Waals surface area (Å²) in [4.78, 5) is 18.0. The SMILES string of the molecule is C.C.C.C=NC.CN=C(C)C(C)=C(C)NC.CNC(C)=C(C)C(C)=O.CNC(C)NC. The maximum Gasteiger partial charge on any atom is 0.157 e. The highest BCUT2D eigenvalue weighted by atomic mass is 16.1. The van der Waals surface area contributed by atoms with E-state index in [4.69, 9.17) is 0 Å². The number of carbonyl (C=O) groups is 1. The molecule has 31 heavy (non-hydrogen) atoms. The van der Waals surface area contributed by atoms with Crippen LogP contribution in [-0.2, 0) is 4.79 Å². The Hall–Kier alpha value is -1.99. The van der Waals surface area contributed by atoms with Gasteiger partial charge in [0.2, 0.25) is 0 Å². The summed E-state index contributed by atoms with van der Waals surface area (Å²) >= 11 is 0. The Kier molecular flexibility index (Phi) is 49.5. The van der Waals surface area contributed by atoms with E-state index in [1.165, 1.54) is 11.3 Å². The molecule has 0 rings (SSSR count). The molecule has 0 unspecified atom stereocenters. The van der Waals surface area contributed by atoms with Crippen molar-refractivity contribution in [1.29, 1.82) is 0 Å². The Morgan fingerprint density at radius 1 is 0.742 bits per heavy atom. The Bertz CT molecular complexity index is 504. The molecule has 0 atom stereocenters. The molecule has 0 fully saturated rings. The van der Waals surface area contributed by atoms with Gasteiger partial charge in [0.25, 0.3) is 0 Å². The maximum absolute atomic E-state index is 10.6. The van der Waals surface area contributed by atoms with Crippen molar-refractivity contribution in [3.05, 3.63) is 22.5 Å². The van der Waals surface area contributed by atoms with Crippen molar-refractivity contribution in [3.63, 3.8) is 0 Å². The smallest absolute Gasteiger partial charge is 0.157 e. The molecule has 0 aromatic heterocycles. The summed E-state index contributed by atoms with van der Waals surface area (Å²) in [6.45, 7) is 16.6. The van der Waals surface area contributed by atoms with Crippen LogP contribution in [0.5, 0.6) is 0 Å². The third kappa shape index (κ3) is 32.9. The number of hydrogen-bond donors (Lipinski definition) is 4. The normalized spacial score (nSPS) is 10.7. The first-order chi connectivity index (χ1) is 12.9. The number of nitrogens with one attached hydrogen (secondary N) is 4. The van der Waals surface area contributed by atoms with Gasteiger partial charge in [0, 0.05) is 50.9 Å². The number of allylic oxidation sites excluding steroid dienone is 4. The molecule has 4 N–H and O–H groups in total.